The van der Waals surface area contributed by atoms with Crippen LogP contribution in [0.25, 0.3) is 10.9 Å². The van der Waals surface area contributed by atoms with Crippen LogP contribution in [-0.2, 0) is 12.4 Å². The molecule has 0 bridgehead atoms. The highest BCUT2D eigenvalue weighted by atomic mass is 35.5. The number of pyridine rings is 1. The first-order valence-corrected chi connectivity index (χ1v) is 7.56. The first kappa shape index (κ1) is 19.1. The summed E-state index contributed by atoms with van der Waals surface area (Å²) in [5.41, 5.74) is -3.83. The van der Waals surface area contributed by atoms with Crippen molar-refractivity contribution >= 4 is 22.5 Å². The molecule has 137 valence electrons. The van der Waals surface area contributed by atoms with Gasteiger partial charge in [0.05, 0.1) is 17.1 Å². The third kappa shape index (κ3) is 3.84. The first-order chi connectivity index (χ1) is 12.1. The Kier molecular flexibility index (Phi) is 4.98. The van der Waals surface area contributed by atoms with Crippen molar-refractivity contribution in [2.75, 3.05) is 6.61 Å². The number of hydrogen-bond donors (Lipinski definition) is 0. The number of rotatable bonds is 3. The minimum absolute atomic E-state index is 0.104. The van der Waals surface area contributed by atoms with Crippen LogP contribution in [0.3, 0.4) is 0 Å². The lowest BCUT2D eigenvalue weighted by Gasteiger charge is -2.18. The van der Waals surface area contributed by atoms with Gasteiger partial charge in [0.25, 0.3) is 0 Å². The average molecular weight is 393 g/mol. The average Bonchev–Trinajstić information content (AvgIpc) is 3.03. The molecule has 2 nitrogen and oxygen atoms in total. The standard InChI is InChI=1S/C17H9ClF6NO/c18-11-6-5-10-12(26-8-9-3-1-2-4-9)7-13(16(19,20)21)25-15(10)14(11)17(22,23)24/h1-7H,8H2. The van der Waals surface area contributed by atoms with Gasteiger partial charge in [0.15, 0.2) is 0 Å². The van der Waals surface area contributed by atoms with Crippen molar-refractivity contribution in [2.45, 2.75) is 12.4 Å². The summed E-state index contributed by atoms with van der Waals surface area (Å²) < 4.78 is 84.6. The molecule has 5 radical (unpaired) electrons. The van der Waals surface area contributed by atoms with Crippen LogP contribution >= 0.6 is 11.6 Å². The van der Waals surface area contributed by atoms with E-state index in [4.69, 9.17) is 16.3 Å². The number of hydrogen-bond acceptors (Lipinski definition) is 2. The lowest BCUT2D eigenvalue weighted by Crippen LogP contribution is -2.14. The topological polar surface area (TPSA) is 22.1 Å². The molecule has 0 aliphatic heterocycles. The largest absolute Gasteiger partial charge is 0.492 e. The zero-order valence-corrected chi connectivity index (χ0v) is 13.5. The maximum atomic E-state index is 13.3. The SMILES string of the molecule is FC(F)(F)c1cc(OC[C]2[CH][CH][CH][CH]2)c2ccc(Cl)c(C(F)(F)F)c2n1. The van der Waals surface area contributed by atoms with Crippen LogP contribution in [0.5, 0.6) is 5.75 Å². The summed E-state index contributed by atoms with van der Waals surface area (Å²) in [5.74, 6) is 0.305. The molecule has 2 aromatic rings. The Morgan fingerprint density at radius 3 is 2.19 bits per heavy atom. The molecule has 0 amide bonds. The second-order valence-electron chi connectivity index (χ2n) is 5.40. The van der Waals surface area contributed by atoms with Crippen LogP contribution in [0, 0.1) is 31.6 Å². The molecule has 0 atom stereocenters. The minimum atomic E-state index is -4.98. The van der Waals surface area contributed by atoms with E-state index in [0.717, 1.165) is 12.1 Å². The van der Waals surface area contributed by atoms with Crippen molar-refractivity contribution in [3.63, 3.8) is 0 Å². The summed E-state index contributed by atoms with van der Waals surface area (Å²) in [6.45, 7) is -0.104. The van der Waals surface area contributed by atoms with Crippen LogP contribution in [0.15, 0.2) is 18.2 Å². The second kappa shape index (κ2) is 6.79. The predicted molar refractivity (Wildman–Crippen MR) is 82.7 cm³/mol. The molecular formula is C17H9ClF6NO. The van der Waals surface area contributed by atoms with Crippen molar-refractivity contribution in [2.24, 2.45) is 0 Å². The Labute approximate surface area is 150 Å². The Balaban J connectivity index is 2.15. The number of benzene rings is 1. The highest BCUT2D eigenvalue weighted by molar-refractivity contribution is 6.32. The zero-order valence-electron chi connectivity index (χ0n) is 12.7. The molecule has 0 spiro atoms. The van der Waals surface area contributed by atoms with Gasteiger partial charge in [0.1, 0.15) is 17.0 Å². The van der Waals surface area contributed by atoms with Crippen molar-refractivity contribution < 1.29 is 31.1 Å². The Hall–Kier alpha value is -1.70. The second-order valence-corrected chi connectivity index (χ2v) is 5.81. The summed E-state index contributed by atoms with van der Waals surface area (Å²) in [5, 5.41) is -0.944. The van der Waals surface area contributed by atoms with Crippen molar-refractivity contribution in [3.8, 4) is 5.75 Å². The lowest BCUT2D eigenvalue weighted by atomic mass is 10.1. The molecule has 1 saturated carbocycles. The summed E-state index contributed by atoms with van der Waals surface area (Å²) in [7, 11) is 0. The molecule has 9 heteroatoms. The molecule has 0 unspecified atom stereocenters. The fourth-order valence-electron chi connectivity index (χ4n) is 2.44. The number of aromatic nitrogens is 1. The summed E-state index contributed by atoms with van der Waals surface area (Å²) in [6.07, 6.45) is -3.18. The van der Waals surface area contributed by atoms with E-state index in [1.807, 2.05) is 0 Å². The van der Waals surface area contributed by atoms with Gasteiger partial charge in [0, 0.05) is 17.4 Å². The highest BCUT2D eigenvalue weighted by Crippen LogP contribution is 2.43. The van der Waals surface area contributed by atoms with Gasteiger partial charge < -0.3 is 4.74 Å². The molecule has 3 rings (SSSR count). The Morgan fingerprint density at radius 2 is 1.62 bits per heavy atom. The number of alkyl halides is 6. The van der Waals surface area contributed by atoms with E-state index in [2.05, 4.69) is 4.98 Å². The van der Waals surface area contributed by atoms with E-state index in [-0.39, 0.29) is 17.7 Å². The molecule has 0 N–H and O–H groups in total. The van der Waals surface area contributed by atoms with Crippen molar-refractivity contribution in [1.82, 2.24) is 4.98 Å². The van der Waals surface area contributed by atoms with E-state index in [1.54, 1.807) is 25.7 Å². The summed E-state index contributed by atoms with van der Waals surface area (Å²) in [4.78, 5) is 3.17. The lowest BCUT2D eigenvalue weighted by molar-refractivity contribution is -0.142. The fraction of sp³-hybridized carbons (Fsp3) is 0.176. The van der Waals surface area contributed by atoms with E-state index in [1.165, 1.54) is 0 Å². The van der Waals surface area contributed by atoms with Gasteiger partial charge in [-0.2, -0.15) is 26.3 Å². The van der Waals surface area contributed by atoms with Crippen LogP contribution in [0.2, 0.25) is 5.02 Å². The third-order valence-corrected chi connectivity index (χ3v) is 3.91. The maximum absolute atomic E-state index is 13.3. The molecule has 1 aliphatic carbocycles. The molecule has 26 heavy (non-hydrogen) atoms. The van der Waals surface area contributed by atoms with Crippen molar-refractivity contribution in [3.05, 3.63) is 66.1 Å². The first-order valence-electron chi connectivity index (χ1n) is 7.18. The van der Waals surface area contributed by atoms with Gasteiger partial charge in [-0.1, -0.05) is 11.6 Å². The van der Waals surface area contributed by atoms with Crippen LogP contribution in [0.1, 0.15) is 11.3 Å². The molecule has 1 fully saturated rings. The minimum Gasteiger partial charge on any atom is -0.492 e. The molecule has 1 aromatic carbocycles. The van der Waals surface area contributed by atoms with E-state index >= 15 is 0 Å². The van der Waals surface area contributed by atoms with Gasteiger partial charge >= 0.3 is 12.4 Å². The third-order valence-electron chi connectivity index (χ3n) is 3.59. The predicted octanol–water partition coefficient (Wildman–Crippen LogP) is 5.71. The maximum Gasteiger partial charge on any atom is 0.433 e. The molecular weight excluding hydrogens is 384 g/mol. The smallest absolute Gasteiger partial charge is 0.433 e. The van der Waals surface area contributed by atoms with Gasteiger partial charge in [0.2, 0.25) is 0 Å². The molecule has 1 heterocycles. The number of nitrogens with zero attached hydrogens (tertiary/aromatic N) is 1. The fourth-order valence-corrected chi connectivity index (χ4v) is 2.70. The Bertz CT molecular complexity index is 811. The normalized spacial score (nSPS) is 16.4. The van der Waals surface area contributed by atoms with Crippen LogP contribution < -0.4 is 4.74 Å². The monoisotopic (exact) mass is 392 g/mol. The van der Waals surface area contributed by atoms with Gasteiger partial charge in [-0.25, -0.2) is 4.98 Å². The van der Waals surface area contributed by atoms with Crippen LogP contribution in [0.4, 0.5) is 26.3 Å². The number of ether oxygens (including phenoxy) is 1. The Morgan fingerprint density at radius 1 is 0.962 bits per heavy atom. The van der Waals surface area contributed by atoms with E-state index in [0.29, 0.717) is 12.0 Å². The summed E-state index contributed by atoms with van der Waals surface area (Å²) >= 11 is 5.58. The van der Waals surface area contributed by atoms with Crippen molar-refractivity contribution in [1.29, 1.82) is 0 Å². The van der Waals surface area contributed by atoms with E-state index in [9.17, 15) is 26.3 Å². The zero-order chi connectivity index (χ0) is 19.1. The molecule has 1 aliphatic rings. The molecule has 1 aromatic heterocycles. The number of fused-ring (bicyclic) bond motifs is 1. The summed E-state index contributed by atoms with van der Waals surface area (Å²) in [6, 6.07) is 2.69. The van der Waals surface area contributed by atoms with Crippen LogP contribution in [-0.4, -0.2) is 11.6 Å². The van der Waals surface area contributed by atoms with E-state index < -0.39 is 34.1 Å². The van der Waals surface area contributed by atoms with Gasteiger partial charge in [-0.05, 0) is 37.8 Å². The molecule has 0 saturated heterocycles. The highest BCUT2D eigenvalue weighted by Gasteiger charge is 2.39. The van der Waals surface area contributed by atoms with Gasteiger partial charge in [-0.3, -0.25) is 0 Å². The number of halogens is 7. The van der Waals surface area contributed by atoms with Gasteiger partial charge in [-0.15, -0.1) is 0 Å². The quantitative estimate of drug-likeness (QED) is 0.624.